The highest BCUT2D eigenvalue weighted by Crippen LogP contribution is 2.27. The molecule has 0 aliphatic carbocycles. The molecule has 0 atom stereocenters. The molecule has 156 valence electrons. The van der Waals surface area contributed by atoms with E-state index in [1.54, 1.807) is 25.4 Å². The fourth-order valence-corrected chi connectivity index (χ4v) is 3.55. The van der Waals surface area contributed by atoms with Crippen molar-refractivity contribution in [3.63, 3.8) is 0 Å². The second-order valence-electron chi connectivity index (χ2n) is 6.40. The van der Waals surface area contributed by atoms with Crippen LogP contribution in [-0.4, -0.2) is 22.9 Å². The average Bonchev–Trinajstić information content (AvgIpc) is 3.29. The Morgan fingerprint density at radius 2 is 1.87 bits per heavy atom. The topological polar surface area (TPSA) is 91.9 Å². The van der Waals surface area contributed by atoms with Crippen LogP contribution in [0.4, 0.5) is 0 Å². The van der Waals surface area contributed by atoms with Crippen LogP contribution in [0, 0.1) is 0 Å². The van der Waals surface area contributed by atoms with E-state index < -0.39 is 0 Å². The maximum Gasteiger partial charge on any atom is 0.230 e. The molecule has 8 heteroatoms. The largest absolute Gasteiger partial charge is 0.497 e. The molecule has 2 heterocycles. The van der Waals surface area contributed by atoms with Crippen molar-refractivity contribution in [3.05, 3.63) is 89.6 Å². The van der Waals surface area contributed by atoms with E-state index >= 15 is 0 Å². The van der Waals surface area contributed by atoms with Gasteiger partial charge < -0.3 is 20.0 Å². The zero-order valence-electron chi connectivity index (χ0n) is 16.8. The summed E-state index contributed by atoms with van der Waals surface area (Å²) in [6.45, 7) is 0.191. The summed E-state index contributed by atoms with van der Waals surface area (Å²) in [5, 5.41) is 6.82. The summed E-state index contributed by atoms with van der Waals surface area (Å²) in [6.07, 6.45) is 1.63. The highest BCUT2D eigenvalue weighted by molar-refractivity contribution is 7.13. The van der Waals surface area contributed by atoms with Gasteiger partial charge in [-0.2, -0.15) is 0 Å². The quantitative estimate of drug-likeness (QED) is 0.243. The number of aromatic nitrogens is 2. The predicted molar refractivity (Wildman–Crippen MR) is 120 cm³/mol. The highest BCUT2D eigenvalue weighted by Gasteiger charge is 2.11. The second-order valence-corrected chi connectivity index (χ2v) is 7.26. The molecule has 0 fully saturated rings. The number of pyridine rings is 1. The van der Waals surface area contributed by atoms with Crippen molar-refractivity contribution in [2.24, 2.45) is 10.9 Å². The Kier molecular flexibility index (Phi) is 6.39. The van der Waals surface area contributed by atoms with E-state index in [1.807, 2.05) is 60.0 Å². The zero-order chi connectivity index (χ0) is 21.5. The van der Waals surface area contributed by atoms with Crippen LogP contribution in [0.5, 0.6) is 17.4 Å². The SMILES string of the molecule is COc1cccc(-c2nc(CO/N=C(/N)c3cccnc3Oc3ccccc3)cs2)c1. The molecular formula is C23H20N4O3S. The lowest BCUT2D eigenvalue weighted by Gasteiger charge is -2.09. The van der Waals surface area contributed by atoms with E-state index in [4.69, 9.17) is 20.0 Å². The minimum atomic E-state index is 0.169. The summed E-state index contributed by atoms with van der Waals surface area (Å²) in [5.74, 6) is 1.96. The zero-order valence-corrected chi connectivity index (χ0v) is 17.6. The van der Waals surface area contributed by atoms with Gasteiger partial charge in [-0.25, -0.2) is 9.97 Å². The van der Waals surface area contributed by atoms with Crippen LogP contribution in [-0.2, 0) is 11.4 Å². The number of methoxy groups -OCH3 is 1. The maximum atomic E-state index is 6.12. The molecule has 4 rings (SSSR count). The van der Waals surface area contributed by atoms with E-state index in [9.17, 15) is 0 Å². The first-order chi connectivity index (χ1) is 15.2. The standard InChI is InChI=1S/C23H20N4O3S/c1-28-19-10-5-7-16(13-19)23-26-17(15-31-23)14-29-27-21(24)20-11-6-12-25-22(20)30-18-8-3-2-4-9-18/h2-13,15H,14H2,1H3,(H2,24,27). The van der Waals surface area contributed by atoms with E-state index in [-0.39, 0.29) is 12.4 Å². The highest BCUT2D eigenvalue weighted by atomic mass is 32.1. The molecule has 0 aliphatic rings. The third-order valence-corrected chi connectivity index (χ3v) is 5.19. The van der Waals surface area contributed by atoms with Gasteiger partial charge in [0.15, 0.2) is 12.4 Å². The lowest BCUT2D eigenvalue weighted by molar-refractivity contribution is 0.128. The monoisotopic (exact) mass is 432 g/mol. The molecule has 2 aromatic carbocycles. The Bertz CT molecular complexity index is 1180. The van der Waals surface area contributed by atoms with Crippen molar-refractivity contribution in [1.82, 2.24) is 9.97 Å². The fourth-order valence-electron chi connectivity index (χ4n) is 2.75. The van der Waals surface area contributed by atoms with Gasteiger partial charge in [0.2, 0.25) is 5.88 Å². The number of hydrogen-bond acceptors (Lipinski definition) is 7. The van der Waals surface area contributed by atoms with Crippen LogP contribution in [0.3, 0.4) is 0 Å². The molecule has 0 saturated carbocycles. The third kappa shape index (κ3) is 5.18. The smallest absolute Gasteiger partial charge is 0.230 e. The first-order valence-corrected chi connectivity index (χ1v) is 10.3. The van der Waals surface area contributed by atoms with Gasteiger partial charge >= 0.3 is 0 Å². The lowest BCUT2D eigenvalue weighted by atomic mass is 10.2. The Labute approximate surface area is 183 Å². The molecular weight excluding hydrogens is 412 g/mol. The number of thiazole rings is 1. The Morgan fingerprint density at radius 3 is 2.71 bits per heavy atom. The van der Waals surface area contributed by atoms with Crippen LogP contribution < -0.4 is 15.2 Å². The van der Waals surface area contributed by atoms with Crippen LogP contribution in [0.15, 0.2) is 83.5 Å². The Balaban J connectivity index is 1.42. The normalized spacial score (nSPS) is 11.2. The molecule has 0 bridgehead atoms. The summed E-state index contributed by atoms with van der Waals surface area (Å²) >= 11 is 1.52. The minimum Gasteiger partial charge on any atom is -0.497 e. The molecule has 4 aromatic rings. The lowest BCUT2D eigenvalue weighted by Crippen LogP contribution is -2.15. The second kappa shape index (κ2) is 9.73. The number of ether oxygens (including phenoxy) is 2. The first kappa shape index (κ1) is 20.4. The Morgan fingerprint density at radius 1 is 1.03 bits per heavy atom. The first-order valence-electron chi connectivity index (χ1n) is 9.45. The van der Waals surface area contributed by atoms with Crippen LogP contribution in [0.25, 0.3) is 10.6 Å². The van der Waals surface area contributed by atoms with E-state index in [0.29, 0.717) is 17.2 Å². The average molecular weight is 433 g/mol. The molecule has 0 saturated heterocycles. The van der Waals surface area contributed by atoms with Gasteiger partial charge in [-0.05, 0) is 36.4 Å². The van der Waals surface area contributed by atoms with Crippen molar-refractivity contribution in [2.75, 3.05) is 7.11 Å². The summed E-state index contributed by atoms with van der Waals surface area (Å²) in [5.41, 5.74) is 8.40. The van der Waals surface area contributed by atoms with Gasteiger partial charge in [0, 0.05) is 17.1 Å². The number of amidine groups is 1. The number of benzene rings is 2. The van der Waals surface area contributed by atoms with Crippen molar-refractivity contribution >= 4 is 17.2 Å². The molecule has 2 N–H and O–H groups in total. The van der Waals surface area contributed by atoms with E-state index in [2.05, 4.69) is 15.1 Å². The third-order valence-electron chi connectivity index (χ3n) is 4.25. The summed E-state index contributed by atoms with van der Waals surface area (Å²) in [4.78, 5) is 14.3. The molecule has 7 nitrogen and oxygen atoms in total. The van der Waals surface area contributed by atoms with Crippen LogP contribution >= 0.6 is 11.3 Å². The van der Waals surface area contributed by atoms with E-state index in [0.717, 1.165) is 22.0 Å². The number of rotatable bonds is 8. The van der Waals surface area contributed by atoms with Crippen molar-refractivity contribution in [1.29, 1.82) is 0 Å². The summed E-state index contributed by atoms with van der Waals surface area (Å²) in [7, 11) is 1.64. The summed E-state index contributed by atoms with van der Waals surface area (Å²) in [6, 6.07) is 20.6. The van der Waals surface area contributed by atoms with Gasteiger partial charge in [0.1, 0.15) is 16.5 Å². The van der Waals surface area contributed by atoms with Gasteiger partial charge in [-0.1, -0.05) is 35.5 Å². The molecule has 0 radical (unpaired) electrons. The number of nitrogens with zero attached hydrogens (tertiary/aromatic N) is 3. The number of oxime groups is 1. The molecule has 2 aromatic heterocycles. The Hall–Kier alpha value is -3.91. The molecule has 0 spiro atoms. The predicted octanol–water partition coefficient (Wildman–Crippen LogP) is 4.84. The molecule has 0 amide bonds. The van der Waals surface area contributed by atoms with Gasteiger partial charge in [-0.3, -0.25) is 0 Å². The van der Waals surface area contributed by atoms with Gasteiger partial charge in [0.25, 0.3) is 0 Å². The summed E-state index contributed by atoms with van der Waals surface area (Å²) < 4.78 is 11.1. The maximum absolute atomic E-state index is 6.12. The van der Waals surface area contributed by atoms with Crippen LogP contribution in [0.1, 0.15) is 11.3 Å². The molecule has 31 heavy (non-hydrogen) atoms. The van der Waals surface area contributed by atoms with E-state index in [1.165, 1.54) is 11.3 Å². The molecule has 0 aliphatic heterocycles. The van der Waals surface area contributed by atoms with Crippen molar-refractivity contribution in [2.45, 2.75) is 6.61 Å². The van der Waals surface area contributed by atoms with Crippen LogP contribution in [0.2, 0.25) is 0 Å². The number of hydrogen-bond donors (Lipinski definition) is 1. The van der Waals surface area contributed by atoms with Gasteiger partial charge in [-0.15, -0.1) is 11.3 Å². The van der Waals surface area contributed by atoms with Gasteiger partial charge in [0.05, 0.1) is 18.4 Å². The molecule has 0 unspecified atom stereocenters. The minimum absolute atomic E-state index is 0.169. The fraction of sp³-hybridized carbons (Fsp3) is 0.0870. The van der Waals surface area contributed by atoms with Crippen molar-refractivity contribution in [3.8, 4) is 28.0 Å². The number of para-hydroxylation sites is 1. The number of nitrogens with two attached hydrogens (primary N) is 1. The van der Waals surface area contributed by atoms with Crippen molar-refractivity contribution < 1.29 is 14.3 Å².